The molecule has 32 heavy (non-hydrogen) atoms. The van der Waals surface area contributed by atoms with E-state index in [1.807, 2.05) is 5.38 Å². The van der Waals surface area contributed by atoms with E-state index in [2.05, 4.69) is 49.4 Å². The van der Waals surface area contributed by atoms with Crippen LogP contribution in [0.25, 0.3) is 21.8 Å². The number of amides is 1. The minimum Gasteiger partial charge on any atom is -0.506 e. The summed E-state index contributed by atoms with van der Waals surface area (Å²) in [6.45, 7) is 1.76. The van der Waals surface area contributed by atoms with Crippen LogP contribution >= 0.6 is 11.3 Å². The Morgan fingerprint density at radius 1 is 1.12 bits per heavy atom. The fourth-order valence-corrected chi connectivity index (χ4v) is 4.84. The molecule has 160 valence electrons. The Morgan fingerprint density at radius 3 is 2.69 bits per heavy atom. The Labute approximate surface area is 188 Å². The van der Waals surface area contributed by atoms with E-state index in [4.69, 9.17) is 0 Å². The Balaban J connectivity index is 1.31. The van der Waals surface area contributed by atoms with Crippen molar-refractivity contribution < 1.29 is 9.90 Å². The van der Waals surface area contributed by atoms with Crippen LogP contribution in [0.4, 0.5) is 0 Å². The average molecular weight is 445 g/mol. The van der Waals surface area contributed by atoms with E-state index in [9.17, 15) is 9.90 Å². The van der Waals surface area contributed by atoms with Crippen LogP contribution in [0.2, 0.25) is 0 Å². The third-order valence-electron chi connectivity index (χ3n) is 5.59. The maximum Gasteiger partial charge on any atom is 0.271 e. The molecule has 0 saturated carbocycles. The normalized spacial score (nSPS) is 13.2. The summed E-state index contributed by atoms with van der Waals surface area (Å²) in [5.41, 5.74) is 8.66. The fraction of sp³-hybridized carbons (Fsp3) is 0.174. The lowest BCUT2D eigenvalue weighted by atomic mass is 10.0. The first-order valence-corrected chi connectivity index (χ1v) is 11.1. The molecular weight excluding hydrogens is 424 g/mol. The van der Waals surface area contributed by atoms with Gasteiger partial charge in [0.1, 0.15) is 5.75 Å². The summed E-state index contributed by atoms with van der Waals surface area (Å²) in [5.74, 6) is 0.295. The molecule has 9 heteroatoms. The number of aromatic hydroxyl groups is 1. The van der Waals surface area contributed by atoms with Gasteiger partial charge in [-0.25, -0.2) is 5.43 Å². The zero-order valence-corrected chi connectivity index (χ0v) is 18.1. The molecule has 0 radical (unpaired) electrons. The van der Waals surface area contributed by atoms with E-state index < -0.39 is 0 Å². The number of fused-ring (bicyclic) bond motifs is 1. The van der Waals surface area contributed by atoms with Gasteiger partial charge in [0.05, 0.1) is 16.2 Å². The number of carbonyl (C=O) groups is 1. The zero-order chi connectivity index (χ0) is 22.1. The highest BCUT2D eigenvalue weighted by Crippen LogP contribution is 2.40. The van der Waals surface area contributed by atoms with Crippen molar-refractivity contribution in [3.63, 3.8) is 0 Å². The quantitative estimate of drug-likeness (QED) is 0.318. The highest BCUT2D eigenvalue weighted by Gasteiger charge is 2.18. The lowest BCUT2D eigenvalue weighted by molar-refractivity contribution is 0.0955. The molecule has 1 amide bonds. The summed E-state index contributed by atoms with van der Waals surface area (Å²) in [6, 6.07) is 13.2. The van der Waals surface area contributed by atoms with Crippen LogP contribution < -0.4 is 5.43 Å². The van der Waals surface area contributed by atoms with Crippen LogP contribution in [0, 0.1) is 0 Å². The van der Waals surface area contributed by atoms with Crippen molar-refractivity contribution in [3.8, 4) is 27.6 Å². The van der Waals surface area contributed by atoms with Gasteiger partial charge in [0.15, 0.2) is 0 Å². The first-order valence-electron chi connectivity index (χ1n) is 10.2. The van der Waals surface area contributed by atoms with Gasteiger partial charge >= 0.3 is 0 Å². The molecule has 8 nitrogen and oxygen atoms in total. The molecule has 0 saturated heterocycles. The third kappa shape index (κ3) is 3.78. The number of tetrazole rings is 1. The van der Waals surface area contributed by atoms with Crippen LogP contribution in [0.3, 0.4) is 0 Å². The van der Waals surface area contributed by atoms with Crippen LogP contribution in [0.1, 0.15) is 40.4 Å². The summed E-state index contributed by atoms with van der Waals surface area (Å²) < 4.78 is 0. The molecule has 0 bridgehead atoms. The monoisotopic (exact) mass is 444 g/mol. The molecule has 0 aliphatic heterocycles. The molecule has 0 unspecified atom stereocenters. The van der Waals surface area contributed by atoms with E-state index in [0.717, 1.165) is 28.8 Å². The third-order valence-corrected chi connectivity index (χ3v) is 6.61. The lowest BCUT2D eigenvalue weighted by Gasteiger charge is -2.05. The average Bonchev–Trinajstić information content (AvgIpc) is 3.57. The van der Waals surface area contributed by atoms with E-state index in [1.54, 1.807) is 31.2 Å². The number of hydrogen-bond donors (Lipinski definition) is 3. The van der Waals surface area contributed by atoms with Gasteiger partial charge in [0, 0.05) is 16.5 Å². The number of benzene rings is 2. The number of aryl methyl sites for hydroxylation is 2. The van der Waals surface area contributed by atoms with E-state index in [-0.39, 0.29) is 11.7 Å². The number of rotatable bonds is 5. The van der Waals surface area contributed by atoms with E-state index in [1.165, 1.54) is 28.9 Å². The van der Waals surface area contributed by atoms with E-state index >= 15 is 0 Å². The number of aromatic nitrogens is 4. The lowest BCUT2D eigenvalue weighted by Crippen LogP contribution is -2.19. The van der Waals surface area contributed by atoms with Crippen molar-refractivity contribution in [1.29, 1.82) is 0 Å². The van der Waals surface area contributed by atoms with Crippen molar-refractivity contribution in [2.24, 2.45) is 5.10 Å². The number of nitrogens with zero attached hydrogens (tertiary/aromatic N) is 4. The van der Waals surface area contributed by atoms with Crippen LogP contribution in [0.5, 0.6) is 5.75 Å². The van der Waals surface area contributed by atoms with E-state index in [0.29, 0.717) is 22.7 Å². The molecule has 1 aliphatic carbocycles. The zero-order valence-electron chi connectivity index (χ0n) is 17.3. The summed E-state index contributed by atoms with van der Waals surface area (Å²) in [6.07, 6.45) is 3.40. The van der Waals surface area contributed by atoms with Gasteiger partial charge in [-0.2, -0.15) is 10.3 Å². The number of hydrazone groups is 1. The smallest absolute Gasteiger partial charge is 0.271 e. The SMILES string of the molecule is C/C(=N\NC(=O)c1ccc(-c2nn[nH]n2)cc1)c1csc(-c2ccc3c(c2)CCC3)c1O. The molecule has 5 rings (SSSR count). The fourth-order valence-electron chi connectivity index (χ4n) is 3.84. The number of carbonyl (C=O) groups excluding carboxylic acids is 1. The molecule has 3 N–H and O–H groups in total. The van der Waals surface area contributed by atoms with Gasteiger partial charge in [-0.15, -0.1) is 21.5 Å². The molecule has 1 aliphatic rings. The Kier molecular flexibility index (Phi) is 5.24. The second kappa shape index (κ2) is 8.35. The van der Waals surface area contributed by atoms with Crippen LogP contribution in [-0.4, -0.2) is 37.3 Å². The van der Waals surface area contributed by atoms with Crippen LogP contribution in [0.15, 0.2) is 52.9 Å². The van der Waals surface area contributed by atoms with Gasteiger partial charge in [-0.05, 0) is 66.3 Å². The molecule has 2 aromatic heterocycles. The Hall–Kier alpha value is -3.85. The second-order valence-electron chi connectivity index (χ2n) is 7.62. The van der Waals surface area contributed by atoms with Gasteiger partial charge in [0.25, 0.3) is 5.91 Å². The first-order chi connectivity index (χ1) is 15.6. The molecule has 0 atom stereocenters. The van der Waals surface area contributed by atoms with Crippen molar-refractivity contribution >= 4 is 23.0 Å². The minimum absolute atomic E-state index is 0.188. The number of aromatic amines is 1. The summed E-state index contributed by atoms with van der Waals surface area (Å²) in [5, 5.41) is 30.6. The maximum absolute atomic E-state index is 12.5. The van der Waals surface area contributed by atoms with Crippen LogP contribution in [-0.2, 0) is 12.8 Å². The molecular formula is C23H20N6O2S. The first kappa shape index (κ1) is 20.1. The summed E-state index contributed by atoms with van der Waals surface area (Å²) in [7, 11) is 0. The van der Waals surface area contributed by atoms with Gasteiger partial charge < -0.3 is 5.11 Å². The highest BCUT2D eigenvalue weighted by atomic mass is 32.1. The predicted molar refractivity (Wildman–Crippen MR) is 123 cm³/mol. The number of nitrogens with one attached hydrogen (secondary N) is 2. The standard InChI is InChI=1S/C23H20N6O2S/c1-13(24-27-23(31)16-8-6-15(7-9-16)22-25-28-29-26-22)19-12-32-21(20(19)30)18-10-5-14-3-2-4-17(14)11-18/h5-12,30H,2-4H2,1H3,(H,27,31)(H,25,26,28,29)/b24-13+. The van der Waals surface area contributed by atoms with Crippen molar-refractivity contribution in [1.82, 2.24) is 26.0 Å². The largest absolute Gasteiger partial charge is 0.506 e. The summed E-state index contributed by atoms with van der Waals surface area (Å²) >= 11 is 1.47. The highest BCUT2D eigenvalue weighted by molar-refractivity contribution is 7.14. The number of H-pyrrole nitrogens is 1. The number of hydrogen-bond acceptors (Lipinski definition) is 7. The van der Waals surface area contributed by atoms with Gasteiger partial charge in [-0.3, -0.25) is 4.79 Å². The maximum atomic E-state index is 12.5. The molecule has 4 aromatic rings. The Morgan fingerprint density at radius 2 is 1.91 bits per heavy atom. The van der Waals surface area contributed by atoms with Gasteiger partial charge in [0.2, 0.25) is 5.82 Å². The molecule has 2 aromatic carbocycles. The Bertz CT molecular complexity index is 1310. The molecule has 2 heterocycles. The second-order valence-corrected chi connectivity index (χ2v) is 8.49. The predicted octanol–water partition coefficient (Wildman–Crippen LogP) is 3.94. The van der Waals surface area contributed by atoms with Gasteiger partial charge in [-0.1, -0.05) is 24.3 Å². The molecule has 0 spiro atoms. The summed E-state index contributed by atoms with van der Waals surface area (Å²) in [4.78, 5) is 13.3. The minimum atomic E-state index is -0.349. The van der Waals surface area contributed by atoms with Crippen molar-refractivity contribution in [2.45, 2.75) is 26.2 Å². The molecule has 0 fully saturated rings. The van der Waals surface area contributed by atoms with Crippen molar-refractivity contribution in [3.05, 3.63) is 70.1 Å². The topological polar surface area (TPSA) is 116 Å². The number of thiophene rings is 1. The van der Waals surface area contributed by atoms with Crippen molar-refractivity contribution in [2.75, 3.05) is 0 Å².